The Morgan fingerprint density at radius 2 is 1.89 bits per heavy atom. The highest BCUT2D eigenvalue weighted by molar-refractivity contribution is 7.71. The average Bonchev–Trinajstić information content (AvgIpc) is 3.08. The lowest BCUT2D eigenvalue weighted by molar-refractivity contribution is -0.151. The summed E-state index contributed by atoms with van der Waals surface area (Å²) in [5.41, 5.74) is -0.0510. The third kappa shape index (κ3) is 6.90. The van der Waals surface area contributed by atoms with Crippen LogP contribution in [0.2, 0.25) is 0 Å². The van der Waals surface area contributed by atoms with Gasteiger partial charge in [-0.05, 0) is 45.1 Å². The molecular weight excluding hydrogens is 511 g/mol. The molecule has 1 aliphatic heterocycles. The van der Waals surface area contributed by atoms with Crippen LogP contribution in [0.4, 0.5) is 0 Å². The number of esters is 1. The third-order valence-corrected chi connectivity index (χ3v) is 7.77. The molecule has 13 heteroatoms. The number of ether oxygens (including phenoxy) is 2. The summed E-state index contributed by atoms with van der Waals surface area (Å²) in [6.45, 7) is 6.11. The Kier molecular flexibility index (Phi) is 9.26. The van der Waals surface area contributed by atoms with Crippen LogP contribution in [0.15, 0.2) is 41.3 Å². The van der Waals surface area contributed by atoms with Gasteiger partial charge in [0.2, 0.25) is 0 Å². The predicted molar refractivity (Wildman–Crippen MR) is 132 cm³/mol. The number of carbonyl (C=O) groups is 1. The van der Waals surface area contributed by atoms with E-state index in [0.717, 1.165) is 0 Å². The molecule has 1 fully saturated rings. The minimum atomic E-state index is -3.96. The first-order valence-corrected chi connectivity index (χ1v) is 13.6. The van der Waals surface area contributed by atoms with Gasteiger partial charge < -0.3 is 24.2 Å². The third-order valence-electron chi connectivity index (χ3n) is 5.43. The summed E-state index contributed by atoms with van der Waals surface area (Å²) in [6.07, 6.45) is -4.28. The van der Waals surface area contributed by atoms with Crippen molar-refractivity contribution < 1.29 is 38.1 Å². The van der Waals surface area contributed by atoms with Crippen molar-refractivity contribution >= 4 is 25.8 Å². The molecule has 198 valence electrons. The van der Waals surface area contributed by atoms with Crippen molar-refractivity contribution in [2.75, 3.05) is 12.8 Å². The number of nitrogens with one attached hydrogen (secondary N) is 1. The molecule has 0 bridgehead atoms. The molecule has 36 heavy (non-hydrogen) atoms. The number of carbonyl (C=O) groups excluding carboxylic acids is 1. The van der Waals surface area contributed by atoms with Gasteiger partial charge in [0.25, 0.3) is 5.56 Å². The molecule has 0 saturated carbocycles. The molecule has 1 unspecified atom stereocenters. The maximum Gasteiger partial charge on any atom is 0.380 e. The fraction of sp³-hybridized carbons (Fsp3) is 0.522. The van der Waals surface area contributed by atoms with Crippen molar-refractivity contribution in [2.45, 2.75) is 58.3 Å². The van der Waals surface area contributed by atoms with Crippen molar-refractivity contribution in [1.82, 2.24) is 9.55 Å². The zero-order valence-electron chi connectivity index (χ0n) is 20.4. The lowest BCUT2D eigenvalue weighted by Crippen LogP contribution is -2.34. The topological polar surface area (TPSA) is 149 Å². The van der Waals surface area contributed by atoms with Crippen LogP contribution in [0.1, 0.15) is 32.6 Å². The molecule has 1 aromatic carbocycles. The Bertz CT molecular complexity index is 1220. The van der Waals surface area contributed by atoms with Crippen molar-refractivity contribution in [1.29, 1.82) is 0 Å². The molecule has 0 aliphatic carbocycles. The summed E-state index contributed by atoms with van der Waals surface area (Å²) in [5.74, 6) is -1.09. The quantitative estimate of drug-likeness (QED) is 0.232. The van der Waals surface area contributed by atoms with Crippen molar-refractivity contribution in [3.05, 3.63) is 57.2 Å². The van der Waals surface area contributed by atoms with E-state index in [1.54, 1.807) is 58.0 Å². The van der Waals surface area contributed by atoms with Crippen molar-refractivity contribution in [3.8, 4) is 5.75 Å². The van der Waals surface area contributed by atoms with Crippen LogP contribution in [-0.4, -0.2) is 62.9 Å². The molecule has 0 radical (unpaired) electrons. The lowest BCUT2D eigenvalue weighted by atomic mass is 10.1. The smallest absolute Gasteiger partial charge is 0.380 e. The zero-order chi connectivity index (χ0) is 26.6. The summed E-state index contributed by atoms with van der Waals surface area (Å²) in [6, 6.07) is 8.32. The van der Waals surface area contributed by atoms with E-state index in [-0.39, 0.29) is 28.3 Å². The van der Waals surface area contributed by atoms with Crippen LogP contribution in [0.25, 0.3) is 0 Å². The number of aliphatic hydroxyl groups excluding tert-OH is 2. The van der Waals surface area contributed by atoms with Gasteiger partial charge in [0.1, 0.15) is 24.1 Å². The first-order chi connectivity index (χ1) is 16.9. The summed E-state index contributed by atoms with van der Waals surface area (Å²) >= 11 is 5.16. The number of hydrogen-bond acceptors (Lipinski definition) is 10. The summed E-state index contributed by atoms with van der Waals surface area (Å²) in [4.78, 5) is 26.6. The molecule has 1 aromatic heterocycles. The number of aryl methyl sites for hydroxylation is 1. The molecule has 11 nitrogen and oxygen atoms in total. The van der Waals surface area contributed by atoms with Gasteiger partial charge in [0.15, 0.2) is 11.0 Å². The van der Waals surface area contributed by atoms with Gasteiger partial charge in [0, 0.05) is 11.8 Å². The largest absolute Gasteiger partial charge is 0.463 e. The molecule has 2 aromatic rings. The summed E-state index contributed by atoms with van der Waals surface area (Å²) in [5, 5.41) is 21.2. The molecule has 1 saturated heterocycles. The van der Waals surface area contributed by atoms with Crippen LogP contribution < -0.4 is 10.1 Å². The van der Waals surface area contributed by atoms with Crippen LogP contribution in [0, 0.1) is 17.6 Å². The Hall–Kier alpha value is -2.34. The highest BCUT2D eigenvalue weighted by Crippen LogP contribution is 2.50. The van der Waals surface area contributed by atoms with E-state index < -0.39 is 50.6 Å². The average molecular weight is 543 g/mol. The van der Waals surface area contributed by atoms with E-state index in [1.165, 1.54) is 10.8 Å². The number of hydrogen-bond donors (Lipinski definition) is 3. The molecule has 3 rings (SSSR count). The number of aromatic nitrogens is 2. The number of aliphatic hydroxyl groups is 2. The molecule has 2 heterocycles. The van der Waals surface area contributed by atoms with Gasteiger partial charge in [-0.15, -0.1) is 0 Å². The zero-order valence-corrected chi connectivity index (χ0v) is 22.1. The SMILES string of the molecule is Cc1cn([C@H]2O[C@@H](CO[P@](=O)(C[C@@H](C)C(=O)OC(C)C)Oc3ccccc3)C(O)[C@H]2O)c(=S)[nH]c1=O. The second kappa shape index (κ2) is 11.8. The van der Waals surface area contributed by atoms with Crippen LogP contribution in [-0.2, 0) is 23.4 Å². The highest BCUT2D eigenvalue weighted by atomic mass is 32.1. The second-order valence-corrected chi connectivity index (χ2v) is 11.3. The molecular formula is C23H31N2O9PS. The van der Waals surface area contributed by atoms with Crippen LogP contribution >= 0.6 is 19.8 Å². The first kappa shape index (κ1) is 28.2. The number of benzene rings is 1. The lowest BCUT2D eigenvalue weighted by Gasteiger charge is -2.24. The second-order valence-electron chi connectivity index (χ2n) is 8.91. The Morgan fingerprint density at radius 3 is 2.53 bits per heavy atom. The van der Waals surface area contributed by atoms with Gasteiger partial charge in [0.05, 0.1) is 24.8 Å². The molecule has 6 atom stereocenters. The molecule has 3 N–H and O–H groups in total. The van der Waals surface area contributed by atoms with Crippen LogP contribution in [0.5, 0.6) is 5.75 Å². The fourth-order valence-corrected chi connectivity index (χ4v) is 5.69. The Morgan fingerprint density at radius 1 is 1.22 bits per heavy atom. The maximum absolute atomic E-state index is 13.7. The maximum atomic E-state index is 13.7. The number of nitrogens with zero attached hydrogens (tertiary/aromatic N) is 1. The first-order valence-electron chi connectivity index (χ1n) is 11.4. The highest BCUT2D eigenvalue weighted by Gasteiger charge is 2.45. The molecule has 1 aliphatic rings. The predicted octanol–water partition coefficient (Wildman–Crippen LogP) is 2.71. The van der Waals surface area contributed by atoms with Gasteiger partial charge in [-0.1, -0.05) is 25.1 Å². The monoisotopic (exact) mass is 542 g/mol. The van der Waals surface area contributed by atoms with E-state index in [4.69, 9.17) is 30.7 Å². The number of H-pyrrole nitrogens is 1. The van der Waals surface area contributed by atoms with E-state index >= 15 is 0 Å². The van der Waals surface area contributed by atoms with Crippen molar-refractivity contribution in [3.63, 3.8) is 0 Å². The van der Waals surface area contributed by atoms with Gasteiger partial charge >= 0.3 is 13.6 Å². The standard InChI is InChI=1S/C23H31N2O9PS/c1-13(2)32-22(29)15(4)12-35(30,34-16-8-6-5-7-9-16)31-11-17-18(26)19(27)21(33-17)25-10-14(3)20(28)24-23(25)36/h5-10,13,15,17-19,21,26-27H,11-12H2,1-4H3,(H,24,28,36)/t15-,17+,18?,19-,21+,35-/m1/s1. The minimum Gasteiger partial charge on any atom is -0.463 e. The number of para-hydroxylation sites is 1. The van der Waals surface area contributed by atoms with E-state index in [2.05, 4.69) is 4.98 Å². The fourth-order valence-electron chi connectivity index (χ4n) is 3.58. The molecule has 0 amide bonds. The Labute approximate surface area is 213 Å². The Balaban J connectivity index is 1.77. The van der Waals surface area contributed by atoms with Crippen molar-refractivity contribution in [2.24, 2.45) is 5.92 Å². The number of rotatable bonds is 10. The summed E-state index contributed by atoms with van der Waals surface area (Å²) in [7, 11) is -3.96. The van der Waals surface area contributed by atoms with E-state index in [9.17, 15) is 24.4 Å². The van der Waals surface area contributed by atoms with Gasteiger partial charge in [-0.2, -0.15) is 0 Å². The van der Waals surface area contributed by atoms with E-state index in [0.29, 0.717) is 5.56 Å². The molecule has 0 spiro atoms. The van der Waals surface area contributed by atoms with Gasteiger partial charge in [-0.3, -0.25) is 23.7 Å². The van der Waals surface area contributed by atoms with E-state index in [1.807, 2.05) is 0 Å². The van der Waals surface area contributed by atoms with Gasteiger partial charge in [-0.25, -0.2) is 4.57 Å². The normalized spacial score (nSPS) is 24.3. The minimum absolute atomic E-state index is 0.000935. The number of aromatic amines is 1. The summed E-state index contributed by atoms with van der Waals surface area (Å²) < 4.78 is 37.3. The van der Waals surface area contributed by atoms with Crippen LogP contribution in [0.3, 0.4) is 0 Å².